The van der Waals surface area contributed by atoms with Crippen LogP contribution < -0.4 is 5.32 Å². The van der Waals surface area contributed by atoms with Gasteiger partial charge in [0.2, 0.25) is 0 Å². The van der Waals surface area contributed by atoms with Gasteiger partial charge in [0.05, 0.1) is 13.2 Å². The summed E-state index contributed by atoms with van der Waals surface area (Å²) >= 11 is 0. The van der Waals surface area contributed by atoms with E-state index in [-0.39, 0.29) is 24.0 Å². The van der Waals surface area contributed by atoms with Crippen molar-refractivity contribution in [3.05, 3.63) is 0 Å². The van der Waals surface area contributed by atoms with Gasteiger partial charge >= 0.3 is 0 Å². The average Bonchev–Trinajstić information content (AvgIpc) is 3.48. The molecule has 168 valence electrons. The second-order valence-electron chi connectivity index (χ2n) is 9.16. The molecule has 0 aromatic carbocycles. The van der Waals surface area contributed by atoms with Crippen LogP contribution in [0, 0.1) is 17.8 Å². The zero-order chi connectivity index (χ0) is 19.2. The van der Waals surface area contributed by atoms with E-state index in [1.165, 1.54) is 38.8 Å². The highest BCUT2D eigenvalue weighted by molar-refractivity contribution is 14.0. The van der Waals surface area contributed by atoms with E-state index < -0.39 is 0 Å². The van der Waals surface area contributed by atoms with Gasteiger partial charge in [-0.3, -0.25) is 9.89 Å². The molecule has 0 radical (unpaired) electrons. The Kier molecular flexibility index (Phi) is 9.78. The molecule has 4 unspecified atom stereocenters. The lowest BCUT2D eigenvalue weighted by Crippen LogP contribution is -2.55. The van der Waals surface area contributed by atoms with Crippen LogP contribution >= 0.6 is 24.0 Å². The Morgan fingerprint density at radius 1 is 1.14 bits per heavy atom. The smallest absolute Gasteiger partial charge is 0.194 e. The zero-order valence-corrected chi connectivity index (χ0v) is 20.5. The number of nitrogens with zero attached hydrogens (tertiary/aromatic N) is 3. The number of hydrogen-bond acceptors (Lipinski definition) is 4. The molecule has 0 amide bonds. The van der Waals surface area contributed by atoms with Crippen LogP contribution in [-0.4, -0.2) is 87.5 Å². The standard InChI is InChI=1S/C22H40N4O2.HI/c1-2-23-22(24-7-3-12-27-16-19-6-13-28-17-19)26-10-8-25(9-11-26)21-15-18-4-5-20(21)14-18;/h18-21H,2-17H2,1H3,(H,23,24);1H. The molecule has 6 nitrogen and oxygen atoms in total. The number of guanidine groups is 1. The molecule has 2 saturated heterocycles. The highest BCUT2D eigenvalue weighted by Gasteiger charge is 2.42. The molecule has 2 bridgehead atoms. The van der Waals surface area contributed by atoms with E-state index in [4.69, 9.17) is 14.5 Å². The predicted octanol–water partition coefficient (Wildman–Crippen LogP) is 2.82. The third-order valence-corrected chi connectivity index (χ3v) is 7.20. The number of halogens is 1. The van der Waals surface area contributed by atoms with E-state index in [0.29, 0.717) is 5.92 Å². The van der Waals surface area contributed by atoms with Crippen LogP contribution in [0.4, 0.5) is 0 Å². The molecule has 2 aliphatic heterocycles. The van der Waals surface area contributed by atoms with Crippen molar-refractivity contribution in [2.45, 2.75) is 51.5 Å². The zero-order valence-electron chi connectivity index (χ0n) is 18.2. The van der Waals surface area contributed by atoms with E-state index in [1.807, 2.05) is 0 Å². The van der Waals surface area contributed by atoms with Crippen molar-refractivity contribution in [1.82, 2.24) is 15.1 Å². The second-order valence-corrected chi connectivity index (χ2v) is 9.16. The van der Waals surface area contributed by atoms with Crippen molar-refractivity contribution in [1.29, 1.82) is 0 Å². The lowest BCUT2D eigenvalue weighted by atomic mass is 9.93. The van der Waals surface area contributed by atoms with Crippen molar-refractivity contribution in [3.8, 4) is 0 Å². The van der Waals surface area contributed by atoms with E-state index >= 15 is 0 Å². The van der Waals surface area contributed by atoms with E-state index in [2.05, 4.69) is 22.0 Å². The molecule has 1 N–H and O–H groups in total. The molecule has 2 heterocycles. The van der Waals surface area contributed by atoms with Gasteiger partial charge < -0.3 is 19.7 Å². The fourth-order valence-electron chi connectivity index (χ4n) is 5.67. The Balaban J connectivity index is 0.00000240. The van der Waals surface area contributed by atoms with Crippen molar-refractivity contribution >= 4 is 29.9 Å². The molecule has 4 rings (SSSR count). The minimum atomic E-state index is 0. The van der Waals surface area contributed by atoms with Crippen molar-refractivity contribution in [2.75, 3.05) is 65.7 Å². The number of fused-ring (bicyclic) bond motifs is 2. The molecule has 0 spiro atoms. The van der Waals surface area contributed by atoms with Crippen LogP contribution in [0.5, 0.6) is 0 Å². The minimum Gasteiger partial charge on any atom is -0.381 e. The maximum Gasteiger partial charge on any atom is 0.194 e. The topological polar surface area (TPSA) is 49.3 Å². The first kappa shape index (κ1) is 23.5. The fraction of sp³-hybridized carbons (Fsp3) is 0.955. The number of piperazine rings is 1. The van der Waals surface area contributed by atoms with E-state index in [1.54, 1.807) is 0 Å². The first-order chi connectivity index (χ1) is 13.8. The van der Waals surface area contributed by atoms with Gasteiger partial charge in [-0.25, -0.2) is 0 Å². The van der Waals surface area contributed by atoms with Crippen LogP contribution in [0.2, 0.25) is 0 Å². The average molecular weight is 521 g/mol. The van der Waals surface area contributed by atoms with Crippen LogP contribution in [0.1, 0.15) is 45.4 Å². The van der Waals surface area contributed by atoms with Gasteiger partial charge in [-0.1, -0.05) is 6.42 Å². The van der Waals surface area contributed by atoms with Gasteiger partial charge in [0, 0.05) is 64.4 Å². The third-order valence-electron chi connectivity index (χ3n) is 7.20. The fourth-order valence-corrected chi connectivity index (χ4v) is 5.67. The van der Waals surface area contributed by atoms with Crippen LogP contribution in [0.3, 0.4) is 0 Å². The summed E-state index contributed by atoms with van der Waals surface area (Å²) in [4.78, 5) is 10.1. The van der Waals surface area contributed by atoms with E-state index in [9.17, 15) is 0 Å². The Bertz CT molecular complexity index is 507. The molecule has 0 aromatic heterocycles. The third kappa shape index (κ3) is 6.43. The maximum absolute atomic E-state index is 5.81. The highest BCUT2D eigenvalue weighted by Crippen LogP contribution is 2.46. The molecule has 4 aliphatic rings. The van der Waals surface area contributed by atoms with E-state index in [0.717, 1.165) is 89.3 Å². The molecule has 2 saturated carbocycles. The summed E-state index contributed by atoms with van der Waals surface area (Å²) in [5.41, 5.74) is 0. The Labute approximate surface area is 194 Å². The summed E-state index contributed by atoms with van der Waals surface area (Å²) in [6, 6.07) is 0.878. The van der Waals surface area contributed by atoms with Crippen LogP contribution in [0.15, 0.2) is 4.99 Å². The summed E-state index contributed by atoms with van der Waals surface area (Å²) in [6.07, 6.45) is 8.09. The van der Waals surface area contributed by atoms with Crippen LogP contribution in [-0.2, 0) is 9.47 Å². The Morgan fingerprint density at radius 2 is 2.00 bits per heavy atom. The number of rotatable bonds is 8. The largest absolute Gasteiger partial charge is 0.381 e. The lowest BCUT2D eigenvalue weighted by Gasteiger charge is -2.42. The number of aliphatic imine (C=N–C) groups is 1. The van der Waals surface area contributed by atoms with Gasteiger partial charge in [0.1, 0.15) is 0 Å². The summed E-state index contributed by atoms with van der Waals surface area (Å²) in [5, 5.41) is 3.50. The number of hydrogen-bond donors (Lipinski definition) is 1. The summed E-state index contributed by atoms with van der Waals surface area (Å²) in [7, 11) is 0. The van der Waals surface area contributed by atoms with Crippen molar-refractivity contribution < 1.29 is 9.47 Å². The lowest BCUT2D eigenvalue weighted by molar-refractivity contribution is 0.0889. The maximum atomic E-state index is 5.81. The van der Waals surface area contributed by atoms with Crippen molar-refractivity contribution in [2.24, 2.45) is 22.7 Å². The summed E-state index contributed by atoms with van der Waals surface area (Å²) in [5.74, 6) is 3.73. The highest BCUT2D eigenvalue weighted by atomic mass is 127. The molecule has 4 fully saturated rings. The quantitative estimate of drug-likeness (QED) is 0.231. The van der Waals surface area contributed by atoms with Gasteiger partial charge in [-0.15, -0.1) is 24.0 Å². The Morgan fingerprint density at radius 3 is 2.66 bits per heavy atom. The second kappa shape index (κ2) is 12.1. The van der Waals surface area contributed by atoms with Crippen molar-refractivity contribution in [3.63, 3.8) is 0 Å². The van der Waals surface area contributed by atoms with Gasteiger partial charge in [0.15, 0.2) is 5.96 Å². The molecular formula is C22H41IN4O2. The summed E-state index contributed by atoms with van der Waals surface area (Å²) < 4.78 is 11.2. The van der Waals surface area contributed by atoms with Gasteiger partial charge in [-0.2, -0.15) is 0 Å². The first-order valence-electron chi connectivity index (χ1n) is 11.8. The monoisotopic (exact) mass is 520 g/mol. The molecule has 0 aromatic rings. The number of ether oxygens (including phenoxy) is 2. The molecule has 2 aliphatic carbocycles. The predicted molar refractivity (Wildman–Crippen MR) is 128 cm³/mol. The Hall–Kier alpha value is -0.120. The SMILES string of the molecule is CCNC(=NCCCOCC1CCOC1)N1CCN(C2CC3CCC2C3)CC1.I. The van der Waals surface area contributed by atoms with Gasteiger partial charge in [0.25, 0.3) is 0 Å². The van der Waals surface area contributed by atoms with Crippen LogP contribution in [0.25, 0.3) is 0 Å². The van der Waals surface area contributed by atoms with Gasteiger partial charge in [-0.05, 0) is 50.9 Å². The number of nitrogens with one attached hydrogen (secondary N) is 1. The first-order valence-corrected chi connectivity index (χ1v) is 11.8. The molecule has 4 atom stereocenters. The molecule has 7 heteroatoms. The molecule has 29 heavy (non-hydrogen) atoms. The molecular weight excluding hydrogens is 479 g/mol. The normalized spacial score (nSPS) is 32.6. The summed E-state index contributed by atoms with van der Waals surface area (Å²) in [6.45, 7) is 12.0. The minimum absolute atomic E-state index is 0.